The normalized spacial score (nSPS) is 15.7. The lowest BCUT2D eigenvalue weighted by Gasteiger charge is -2.29. The fourth-order valence-corrected chi connectivity index (χ4v) is 2.37. The first kappa shape index (κ1) is 11.7. The number of carbonyl (C=O) groups is 1. The summed E-state index contributed by atoms with van der Waals surface area (Å²) < 4.78 is 5.67. The Hall–Kier alpha value is -3.15. The maximum Gasteiger partial charge on any atom is 0.356 e. The molecule has 2 aromatic rings. The van der Waals surface area contributed by atoms with Crippen LogP contribution in [0.1, 0.15) is 0 Å². The third-order valence-electron chi connectivity index (χ3n) is 3.35. The molecule has 0 bridgehead atoms. The molecule has 3 heterocycles. The Morgan fingerprint density at radius 1 is 1.29 bits per heavy atom. The number of aliphatic imine (C=N–C) groups is 1. The van der Waals surface area contributed by atoms with Crippen LogP contribution in [0.5, 0.6) is 5.75 Å². The van der Waals surface area contributed by atoms with E-state index < -0.39 is 5.97 Å². The van der Waals surface area contributed by atoms with Crippen molar-refractivity contribution in [2.24, 2.45) is 4.99 Å². The number of benzene rings is 1. The molecule has 0 saturated heterocycles. The van der Waals surface area contributed by atoms with E-state index in [4.69, 9.17) is 9.84 Å². The van der Waals surface area contributed by atoms with Gasteiger partial charge in [0.2, 0.25) is 0 Å². The molecule has 0 atom stereocenters. The van der Waals surface area contributed by atoms with Crippen molar-refractivity contribution < 1.29 is 14.6 Å². The zero-order valence-electron chi connectivity index (χ0n) is 10.7. The number of hydrogen-bond donors (Lipinski definition) is 1. The number of nitrogens with zero attached hydrogens (tertiary/aromatic N) is 3. The molecule has 0 fully saturated rings. The van der Waals surface area contributed by atoms with E-state index >= 15 is 0 Å². The van der Waals surface area contributed by atoms with Crippen molar-refractivity contribution in [2.75, 3.05) is 4.90 Å². The monoisotopic (exact) mass is 279 g/mol. The van der Waals surface area contributed by atoms with Gasteiger partial charge < -0.3 is 14.7 Å². The molecular formula is C15H9N3O3. The van der Waals surface area contributed by atoms with Gasteiger partial charge in [-0.1, -0.05) is 12.1 Å². The van der Waals surface area contributed by atoms with Crippen molar-refractivity contribution in [3.63, 3.8) is 0 Å². The fourth-order valence-electron chi connectivity index (χ4n) is 2.37. The molecule has 0 spiro atoms. The van der Waals surface area contributed by atoms with E-state index in [1.807, 2.05) is 24.3 Å². The summed E-state index contributed by atoms with van der Waals surface area (Å²) in [5.74, 6) is -0.467. The number of rotatable bonds is 1. The Labute approximate surface area is 119 Å². The maximum atomic E-state index is 11.1. The van der Waals surface area contributed by atoms with Crippen LogP contribution < -0.4 is 9.64 Å². The van der Waals surface area contributed by atoms with Gasteiger partial charge in [-0.15, -0.1) is 0 Å². The van der Waals surface area contributed by atoms with Gasteiger partial charge in [-0.2, -0.15) is 0 Å². The van der Waals surface area contributed by atoms with Crippen molar-refractivity contribution >= 4 is 28.8 Å². The molecule has 1 aromatic carbocycles. The zero-order chi connectivity index (χ0) is 14.4. The minimum atomic E-state index is -1.07. The van der Waals surface area contributed by atoms with Gasteiger partial charge in [0.1, 0.15) is 11.8 Å². The van der Waals surface area contributed by atoms with Crippen LogP contribution >= 0.6 is 0 Å². The summed E-state index contributed by atoms with van der Waals surface area (Å²) in [6.07, 6.45) is 6.18. The lowest BCUT2D eigenvalue weighted by molar-refractivity contribution is -0.132. The van der Waals surface area contributed by atoms with Gasteiger partial charge in [0, 0.05) is 17.8 Å². The van der Waals surface area contributed by atoms with Crippen LogP contribution in [-0.2, 0) is 4.79 Å². The second kappa shape index (κ2) is 4.17. The molecule has 102 valence electrons. The summed E-state index contributed by atoms with van der Waals surface area (Å²) in [4.78, 5) is 21.0. The quantitative estimate of drug-likeness (QED) is 0.866. The number of fused-ring (bicyclic) bond motifs is 5. The van der Waals surface area contributed by atoms with Gasteiger partial charge in [0.05, 0.1) is 17.6 Å². The molecule has 21 heavy (non-hydrogen) atoms. The number of aliphatic carboxylic acids is 1. The predicted molar refractivity (Wildman–Crippen MR) is 77.1 cm³/mol. The van der Waals surface area contributed by atoms with Crippen LogP contribution in [-0.4, -0.2) is 22.3 Å². The molecular weight excluding hydrogens is 270 g/mol. The number of anilines is 1. The van der Waals surface area contributed by atoms with Crippen molar-refractivity contribution in [1.29, 1.82) is 0 Å². The van der Waals surface area contributed by atoms with Gasteiger partial charge >= 0.3 is 5.97 Å². The molecule has 4 rings (SSSR count). The third-order valence-corrected chi connectivity index (χ3v) is 3.35. The van der Waals surface area contributed by atoms with E-state index in [0.717, 1.165) is 16.6 Å². The van der Waals surface area contributed by atoms with Crippen LogP contribution in [0.3, 0.4) is 0 Å². The number of ether oxygens (including phenoxy) is 1. The molecule has 2 aliphatic heterocycles. The highest BCUT2D eigenvalue weighted by molar-refractivity contribution is 6.00. The highest BCUT2D eigenvalue weighted by Gasteiger charge is 2.25. The number of aromatic nitrogens is 1. The Morgan fingerprint density at radius 3 is 3.05 bits per heavy atom. The minimum Gasteiger partial charge on any atom is -0.476 e. The van der Waals surface area contributed by atoms with E-state index in [2.05, 4.69) is 9.98 Å². The summed E-state index contributed by atoms with van der Waals surface area (Å²) in [7, 11) is 0. The highest BCUT2D eigenvalue weighted by Crippen LogP contribution is 2.40. The van der Waals surface area contributed by atoms with Gasteiger partial charge in [-0.25, -0.2) is 9.79 Å². The minimum absolute atomic E-state index is 0.0267. The van der Waals surface area contributed by atoms with Crippen LogP contribution in [0.2, 0.25) is 0 Å². The number of carboxylic acid groups (broad SMARTS) is 1. The van der Waals surface area contributed by atoms with Crippen LogP contribution in [0.4, 0.5) is 5.69 Å². The molecule has 0 unspecified atom stereocenters. The summed E-state index contributed by atoms with van der Waals surface area (Å²) >= 11 is 0. The molecule has 0 amide bonds. The number of hydrogen-bond acceptors (Lipinski definition) is 5. The van der Waals surface area contributed by atoms with E-state index in [1.54, 1.807) is 11.1 Å². The average molecular weight is 279 g/mol. The second-order valence-electron chi connectivity index (χ2n) is 4.60. The second-order valence-corrected chi connectivity index (χ2v) is 4.60. The van der Waals surface area contributed by atoms with Crippen LogP contribution in [0.25, 0.3) is 10.9 Å². The molecule has 1 N–H and O–H groups in total. The summed E-state index contributed by atoms with van der Waals surface area (Å²) in [5.41, 5.74) is 2.12. The van der Waals surface area contributed by atoms with Crippen molar-refractivity contribution in [2.45, 2.75) is 0 Å². The van der Waals surface area contributed by atoms with Crippen molar-refractivity contribution in [1.82, 2.24) is 4.98 Å². The molecule has 2 aliphatic rings. The molecule has 1 aromatic heterocycles. The van der Waals surface area contributed by atoms with Gasteiger partial charge in [0.15, 0.2) is 11.4 Å². The Bertz CT molecular complexity index is 868. The first-order chi connectivity index (χ1) is 10.2. The molecule has 0 saturated carbocycles. The standard InChI is InChI=1S/C15H9N3O3/c19-15(20)11-7-18-10(6-17-11)8-21-14-12(18)4-3-9-2-1-5-16-13(9)14/h1-8H,(H,19,20). The van der Waals surface area contributed by atoms with E-state index in [-0.39, 0.29) is 5.70 Å². The number of carboxylic acids is 1. The smallest absolute Gasteiger partial charge is 0.356 e. The average Bonchev–Trinajstić information content (AvgIpc) is 2.53. The van der Waals surface area contributed by atoms with Gasteiger partial charge in [-0.3, -0.25) is 4.98 Å². The fraction of sp³-hybridized carbons (Fsp3) is 0. The highest BCUT2D eigenvalue weighted by atomic mass is 16.5. The zero-order valence-corrected chi connectivity index (χ0v) is 10.7. The largest absolute Gasteiger partial charge is 0.476 e. The number of pyridine rings is 1. The summed E-state index contributed by atoms with van der Waals surface area (Å²) in [5, 5.41) is 10.0. The third kappa shape index (κ3) is 1.69. The van der Waals surface area contributed by atoms with E-state index in [1.165, 1.54) is 18.7 Å². The first-order valence-corrected chi connectivity index (χ1v) is 6.27. The molecule has 6 nitrogen and oxygen atoms in total. The van der Waals surface area contributed by atoms with Crippen LogP contribution in [0, 0.1) is 0 Å². The van der Waals surface area contributed by atoms with E-state index in [9.17, 15) is 4.79 Å². The van der Waals surface area contributed by atoms with Crippen molar-refractivity contribution in [3.8, 4) is 5.75 Å². The lowest BCUT2D eigenvalue weighted by Crippen LogP contribution is -2.25. The Morgan fingerprint density at radius 2 is 2.19 bits per heavy atom. The van der Waals surface area contributed by atoms with E-state index in [0.29, 0.717) is 11.4 Å². The molecule has 0 aliphatic carbocycles. The summed E-state index contributed by atoms with van der Waals surface area (Å²) in [6.45, 7) is 0. The van der Waals surface area contributed by atoms with Crippen molar-refractivity contribution in [3.05, 3.63) is 54.3 Å². The lowest BCUT2D eigenvalue weighted by atomic mass is 10.1. The Balaban J connectivity index is 1.93. The molecule has 0 radical (unpaired) electrons. The number of allylic oxidation sites excluding steroid dienone is 1. The van der Waals surface area contributed by atoms with Gasteiger partial charge in [-0.05, 0) is 12.1 Å². The Kier molecular flexibility index (Phi) is 2.32. The first-order valence-electron chi connectivity index (χ1n) is 6.27. The topological polar surface area (TPSA) is 75.0 Å². The predicted octanol–water partition coefficient (Wildman–Crippen LogP) is 2.29. The summed E-state index contributed by atoms with van der Waals surface area (Å²) in [6, 6.07) is 7.60. The van der Waals surface area contributed by atoms with Crippen LogP contribution in [0.15, 0.2) is 59.3 Å². The molecule has 6 heteroatoms. The SMILES string of the molecule is O=C(O)C1=CN2C(=COc3c2ccc2cccnc32)C=N1. The maximum absolute atomic E-state index is 11.1. The van der Waals surface area contributed by atoms with Gasteiger partial charge in [0.25, 0.3) is 0 Å².